The van der Waals surface area contributed by atoms with Crippen molar-refractivity contribution < 1.29 is 4.52 Å². The quantitative estimate of drug-likeness (QED) is 0.479. The van der Waals surface area contributed by atoms with Gasteiger partial charge in [-0.25, -0.2) is 0 Å². The zero-order valence-corrected chi connectivity index (χ0v) is 17.4. The van der Waals surface area contributed by atoms with E-state index in [1.165, 1.54) is 36.2 Å². The van der Waals surface area contributed by atoms with Gasteiger partial charge in [-0.3, -0.25) is 9.58 Å². The monoisotopic (exact) mass is 399 g/mol. The summed E-state index contributed by atoms with van der Waals surface area (Å²) in [4.78, 5) is 7.02. The van der Waals surface area contributed by atoms with Crippen LogP contribution in [0.4, 0.5) is 0 Å². The number of aryl methyl sites for hydroxylation is 2. The van der Waals surface area contributed by atoms with Gasteiger partial charge < -0.3 is 4.52 Å². The Morgan fingerprint density at radius 3 is 2.30 bits per heavy atom. The van der Waals surface area contributed by atoms with Crippen molar-refractivity contribution in [3.63, 3.8) is 0 Å². The Balaban J connectivity index is 1.32. The molecule has 3 heterocycles. The predicted octanol–water partition coefficient (Wildman–Crippen LogP) is 4.47. The molecule has 6 nitrogen and oxygen atoms in total. The van der Waals surface area contributed by atoms with E-state index in [1.54, 1.807) is 0 Å². The van der Waals surface area contributed by atoms with Crippen LogP contribution >= 0.6 is 0 Å². The molecule has 1 aliphatic rings. The molecular weight excluding hydrogens is 374 g/mol. The first-order valence-corrected chi connectivity index (χ1v) is 10.4. The number of hydrogen-bond acceptors (Lipinski definition) is 5. The van der Waals surface area contributed by atoms with Gasteiger partial charge in [0.1, 0.15) is 0 Å². The molecule has 2 aromatic heterocycles. The van der Waals surface area contributed by atoms with E-state index in [9.17, 15) is 0 Å². The summed E-state index contributed by atoms with van der Waals surface area (Å²) in [7, 11) is 0. The SMILES string of the molecule is Cc1ccc(Cn2nc(-c3nc(-c4ccc(CN5CCC5)cc4)no3)cc2C)cc1. The third-order valence-electron chi connectivity index (χ3n) is 5.65. The zero-order chi connectivity index (χ0) is 20.5. The first-order valence-electron chi connectivity index (χ1n) is 10.4. The molecule has 0 radical (unpaired) electrons. The summed E-state index contributed by atoms with van der Waals surface area (Å²) in [6.07, 6.45) is 1.31. The number of nitrogens with zero attached hydrogens (tertiary/aromatic N) is 5. The van der Waals surface area contributed by atoms with Crippen LogP contribution in [0, 0.1) is 13.8 Å². The van der Waals surface area contributed by atoms with Crippen molar-refractivity contribution in [1.82, 2.24) is 24.8 Å². The predicted molar refractivity (Wildman–Crippen MR) is 116 cm³/mol. The van der Waals surface area contributed by atoms with E-state index in [2.05, 4.69) is 75.6 Å². The highest BCUT2D eigenvalue weighted by molar-refractivity contribution is 5.58. The summed E-state index contributed by atoms with van der Waals surface area (Å²) in [6, 6.07) is 18.9. The lowest BCUT2D eigenvalue weighted by atomic mass is 10.1. The lowest BCUT2D eigenvalue weighted by molar-refractivity contribution is 0.172. The van der Waals surface area contributed by atoms with Crippen molar-refractivity contribution in [2.24, 2.45) is 0 Å². The molecule has 0 spiro atoms. The van der Waals surface area contributed by atoms with Gasteiger partial charge in [-0.1, -0.05) is 59.3 Å². The smallest absolute Gasteiger partial charge is 0.278 e. The Hall–Kier alpha value is -3.25. The third kappa shape index (κ3) is 3.91. The molecule has 5 rings (SSSR count). The van der Waals surface area contributed by atoms with Crippen LogP contribution in [-0.2, 0) is 13.1 Å². The molecule has 6 heteroatoms. The van der Waals surface area contributed by atoms with Crippen LogP contribution in [0.5, 0.6) is 0 Å². The second kappa shape index (κ2) is 7.88. The second-order valence-corrected chi connectivity index (χ2v) is 8.06. The highest BCUT2D eigenvalue weighted by atomic mass is 16.5. The topological polar surface area (TPSA) is 60.0 Å². The van der Waals surface area contributed by atoms with Gasteiger partial charge in [-0.05, 0) is 50.6 Å². The molecule has 2 aromatic carbocycles. The van der Waals surface area contributed by atoms with Crippen LogP contribution < -0.4 is 0 Å². The van der Waals surface area contributed by atoms with E-state index < -0.39 is 0 Å². The lowest BCUT2D eigenvalue weighted by Gasteiger charge is -2.30. The van der Waals surface area contributed by atoms with Crippen molar-refractivity contribution in [3.05, 3.63) is 77.0 Å². The molecular formula is C24H25N5O. The fraction of sp³-hybridized carbons (Fsp3) is 0.292. The van der Waals surface area contributed by atoms with E-state index in [-0.39, 0.29) is 0 Å². The molecule has 0 atom stereocenters. The molecule has 0 bridgehead atoms. The van der Waals surface area contributed by atoms with E-state index in [4.69, 9.17) is 4.52 Å². The molecule has 1 fully saturated rings. The number of rotatable bonds is 6. The maximum Gasteiger partial charge on any atom is 0.278 e. The van der Waals surface area contributed by atoms with E-state index in [0.29, 0.717) is 24.0 Å². The maximum absolute atomic E-state index is 5.52. The van der Waals surface area contributed by atoms with Crippen LogP contribution in [0.3, 0.4) is 0 Å². The van der Waals surface area contributed by atoms with Crippen LogP contribution in [0.15, 0.2) is 59.1 Å². The Morgan fingerprint density at radius 1 is 0.900 bits per heavy atom. The number of aromatic nitrogens is 4. The molecule has 0 aliphatic carbocycles. The highest BCUT2D eigenvalue weighted by Gasteiger charge is 2.16. The van der Waals surface area contributed by atoms with E-state index in [0.717, 1.165) is 17.8 Å². The summed E-state index contributed by atoms with van der Waals surface area (Å²) < 4.78 is 7.48. The Kier molecular flexibility index (Phi) is 4.93. The van der Waals surface area contributed by atoms with E-state index in [1.807, 2.05) is 17.7 Å². The molecule has 1 aliphatic heterocycles. The van der Waals surface area contributed by atoms with Gasteiger partial charge in [0.2, 0.25) is 5.82 Å². The van der Waals surface area contributed by atoms with Gasteiger partial charge in [0.05, 0.1) is 6.54 Å². The highest BCUT2D eigenvalue weighted by Crippen LogP contribution is 2.23. The molecule has 0 unspecified atom stereocenters. The van der Waals surface area contributed by atoms with Gasteiger partial charge in [-0.2, -0.15) is 10.1 Å². The molecule has 0 N–H and O–H groups in total. The third-order valence-corrected chi connectivity index (χ3v) is 5.65. The Labute approximate surface area is 176 Å². The van der Waals surface area contributed by atoms with Gasteiger partial charge in [0.25, 0.3) is 5.89 Å². The summed E-state index contributed by atoms with van der Waals surface area (Å²) in [5.74, 6) is 1.03. The van der Waals surface area contributed by atoms with Gasteiger partial charge in [0.15, 0.2) is 5.69 Å². The minimum atomic E-state index is 0.445. The number of benzene rings is 2. The van der Waals surface area contributed by atoms with E-state index >= 15 is 0 Å². The first kappa shape index (κ1) is 18.8. The zero-order valence-electron chi connectivity index (χ0n) is 17.4. The average molecular weight is 399 g/mol. The molecule has 152 valence electrons. The maximum atomic E-state index is 5.52. The normalized spacial score (nSPS) is 14.1. The van der Waals surface area contributed by atoms with Gasteiger partial charge in [-0.15, -0.1) is 0 Å². The van der Waals surface area contributed by atoms with Crippen molar-refractivity contribution in [2.45, 2.75) is 33.4 Å². The van der Waals surface area contributed by atoms with Crippen molar-refractivity contribution in [2.75, 3.05) is 13.1 Å². The van der Waals surface area contributed by atoms with Crippen molar-refractivity contribution >= 4 is 0 Å². The molecule has 4 aromatic rings. The molecule has 0 saturated carbocycles. The minimum absolute atomic E-state index is 0.445. The number of likely N-dealkylation sites (tertiary alicyclic amines) is 1. The van der Waals surface area contributed by atoms with Gasteiger partial charge in [0, 0.05) is 17.8 Å². The largest absolute Gasteiger partial charge is 0.332 e. The Morgan fingerprint density at radius 2 is 1.60 bits per heavy atom. The summed E-state index contributed by atoms with van der Waals surface area (Å²) in [6.45, 7) is 8.26. The van der Waals surface area contributed by atoms with Crippen LogP contribution in [0.25, 0.3) is 23.0 Å². The number of hydrogen-bond donors (Lipinski definition) is 0. The fourth-order valence-electron chi connectivity index (χ4n) is 3.64. The fourth-order valence-corrected chi connectivity index (χ4v) is 3.64. The lowest BCUT2D eigenvalue weighted by Crippen LogP contribution is -2.36. The van der Waals surface area contributed by atoms with Crippen LogP contribution in [0.2, 0.25) is 0 Å². The summed E-state index contributed by atoms with van der Waals surface area (Å²) in [5.41, 5.74) is 6.49. The summed E-state index contributed by atoms with van der Waals surface area (Å²) in [5, 5.41) is 8.85. The Bertz CT molecular complexity index is 1140. The second-order valence-electron chi connectivity index (χ2n) is 8.06. The average Bonchev–Trinajstić information content (AvgIpc) is 3.34. The summed E-state index contributed by atoms with van der Waals surface area (Å²) >= 11 is 0. The van der Waals surface area contributed by atoms with Crippen molar-refractivity contribution in [1.29, 1.82) is 0 Å². The van der Waals surface area contributed by atoms with Crippen molar-refractivity contribution in [3.8, 4) is 23.0 Å². The van der Waals surface area contributed by atoms with Crippen LogP contribution in [0.1, 0.15) is 28.8 Å². The minimum Gasteiger partial charge on any atom is -0.332 e. The molecule has 30 heavy (non-hydrogen) atoms. The van der Waals surface area contributed by atoms with Crippen LogP contribution in [-0.4, -0.2) is 37.9 Å². The first-order chi connectivity index (χ1) is 14.6. The standard InChI is InChI=1S/C24H25N5O/c1-17-4-6-20(7-5-17)16-29-18(2)14-22(26-29)24-25-23(27-30-24)21-10-8-19(9-11-21)15-28-12-3-13-28/h4-11,14H,3,12-13,15-16H2,1-2H3. The van der Waals surface area contributed by atoms with Gasteiger partial charge >= 0.3 is 0 Å². The molecule has 0 amide bonds. The molecule has 1 saturated heterocycles.